The minimum Gasteiger partial charge on any atom is -0.355 e. The summed E-state index contributed by atoms with van der Waals surface area (Å²) in [5, 5.41) is 6.47. The van der Waals surface area contributed by atoms with Crippen molar-refractivity contribution in [2.24, 2.45) is 5.16 Å². The van der Waals surface area contributed by atoms with Crippen molar-refractivity contribution in [3.63, 3.8) is 0 Å². The second-order valence-electron chi connectivity index (χ2n) is 5.65. The van der Waals surface area contributed by atoms with Crippen molar-refractivity contribution in [3.8, 4) is 5.75 Å². The Morgan fingerprint density at radius 1 is 1.11 bits per heavy atom. The van der Waals surface area contributed by atoms with E-state index in [-0.39, 0.29) is 5.82 Å². The molecular formula is C20H16F2N4O2. The third-order valence-corrected chi connectivity index (χ3v) is 3.76. The van der Waals surface area contributed by atoms with Gasteiger partial charge in [0.1, 0.15) is 23.0 Å². The number of pyridine rings is 2. The number of nitrogens with one attached hydrogen (secondary N) is 1. The van der Waals surface area contributed by atoms with Gasteiger partial charge in [0.15, 0.2) is 5.75 Å². The zero-order chi connectivity index (χ0) is 19.9. The predicted octanol–water partition coefficient (Wildman–Crippen LogP) is 4.20. The van der Waals surface area contributed by atoms with Gasteiger partial charge in [-0.05, 0) is 42.8 Å². The fraction of sp³-hybridized carbons (Fsp3) is 0.100. The third kappa shape index (κ3) is 4.53. The normalized spacial score (nSPS) is 11.2. The number of hydrogen-bond donors (Lipinski definition) is 1. The summed E-state index contributed by atoms with van der Waals surface area (Å²) in [4.78, 5) is 25.5. The number of benzene rings is 1. The van der Waals surface area contributed by atoms with Crippen LogP contribution in [0.15, 0.2) is 66.2 Å². The van der Waals surface area contributed by atoms with Crippen LogP contribution < -0.4 is 10.2 Å². The van der Waals surface area contributed by atoms with Gasteiger partial charge >= 0.3 is 0 Å². The van der Waals surface area contributed by atoms with E-state index in [9.17, 15) is 13.6 Å². The maximum atomic E-state index is 13.7. The van der Waals surface area contributed by atoms with Crippen molar-refractivity contribution in [1.82, 2.24) is 9.97 Å². The number of oxime groups is 1. The molecule has 0 saturated carbocycles. The number of rotatable bonds is 6. The highest BCUT2D eigenvalue weighted by Crippen LogP contribution is 2.15. The summed E-state index contributed by atoms with van der Waals surface area (Å²) in [6.45, 7) is 1.90. The zero-order valence-corrected chi connectivity index (χ0v) is 14.9. The lowest BCUT2D eigenvalue weighted by Gasteiger charge is -2.08. The molecule has 1 amide bonds. The number of hydrogen-bond acceptors (Lipinski definition) is 5. The van der Waals surface area contributed by atoms with Crippen molar-refractivity contribution < 1.29 is 18.4 Å². The van der Waals surface area contributed by atoms with Crippen LogP contribution in [0.3, 0.4) is 0 Å². The average Bonchev–Trinajstić information content (AvgIpc) is 2.70. The molecule has 0 aliphatic rings. The SMILES string of the molecule is CC/C(=N/Oc1cccnc1)c1ccc(NC(=O)c2c(F)cccc2F)nc1. The molecule has 0 aliphatic carbocycles. The second-order valence-corrected chi connectivity index (χ2v) is 5.65. The van der Waals surface area contributed by atoms with Gasteiger partial charge in [-0.15, -0.1) is 0 Å². The monoisotopic (exact) mass is 382 g/mol. The lowest BCUT2D eigenvalue weighted by atomic mass is 10.1. The van der Waals surface area contributed by atoms with E-state index in [0.29, 0.717) is 23.4 Å². The largest absolute Gasteiger partial charge is 0.355 e. The van der Waals surface area contributed by atoms with Gasteiger partial charge in [-0.2, -0.15) is 0 Å². The van der Waals surface area contributed by atoms with Gasteiger partial charge in [-0.1, -0.05) is 18.1 Å². The van der Waals surface area contributed by atoms with Crippen molar-refractivity contribution in [2.45, 2.75) is 13.3 Å². The zero-order valence-electron chi connectivity index (χ0n) is 14.9. The van der Waals surface area contributed by atoms with Gasteiger partial charge in [-0.25, -0.2) is 13.8 Å². The maximum absolute atomic E-state index is 13.7. The molecule has 3 aromatic rings. The minimum absolute atomic E-state index is 0.153. The number of carbonyl (C=O) groups is 1. The molecule has 0 radical (unpaired) electrons. The lowest BCUT2D eigenvalue weighted by molar-refractivity contribution is 0.101. The fourth-order valence-corrected chi connectivity index (χ4v) is 2.36. The Hall–Kier alpha value is -3.68. The molecule has 0 unspecified atom stereocenters. The van der Waals surface area contributed by atoms with Crippen LogP contribution in [0.1, 0.15) is 29.3 Å². The Balaban J connectivity index is 1.72. The van der Waals surface area contributed by atoms with Crippen LogP contribution in [0.4, 0.5) is 14.6 Å². The number of amides is 1. The first-order valence-electron chi connectivity index (χ1n) is 8.44. The first kappa shape index (κ1) is 19.1. The van der Waals surface area contributed by atoms with E-state index in [1.807, 2.05) is 6.92 Å². The van der Waals surface area contributed by atoms with Gasteiger partial charge in [-0.3, -0.25) is 9.78 Å². The summed E-state index contributed by atoms with van der Waals surface area (Å²) < 4.78 is 27.4. The summed E-state index contributed by atoms with van der Waals surface area (Å²) >= 11 is 0. The first-order valence-corrected chi connectivity index (χ1v) is 8.44. The summed E-state index contributed by atoms with van der Waals surface area (Å²) in [6.07, 6.45) is 5.23. The number of nitrogens with zero attached hydrogens (tertiary/aromatic N) is 3. The molecule has 6 nitrogen and oxygen atoms in total. The van der Waals surface area contributed by atoms with Crippen molar-refractivity contribution in [3.05, 3.63) is 83.8 Å². The van der Waals surface area contributed by atoms with Gasteiger partial charge in [0.25, 0.3) is 5.91 Å². The summed E-state index contributed by atoms with van der Waals surface area (Å²) in [5.41, 5.74) is 0.657. The molecule has 0 fully saturated rings. The highest BCUT2D eigenvalue weighted by molar-refractivity contribution is 6.04. The molecule has 142 valence electrons. The second kappa shape index (κ2) is 8.81. The van der Waals surface area contributed by atoms with E-state index in [0.717, 1.165) is 12.1 Å². The average molecular weight is 382 g/mol. The molecule has 0 saturated heterocycles. The van der Waals surface area contributed by atoms with Crippen LogP contribution in [-0.2, 0) is 0 Å². The van der Waals surface area contributed by atoms with Gasteiger partial charge in [0, 0.05) is 18.0 Å². The first-order chi connectivity index (χ1) is 13.6. The molecule has 0 atom stereocenters. The highest BCUT2D eigenvalue weighted by Gasteiger charge is 2.17. The van der Waals surface area contributed by atoms with Crippen LogP contribution in [0, 0.1) is 11.6 Å². The molecule has 0 bridgehead atoms. The Kier molecular flexibility index (Phi) is 6.01. The predicted molar refractivity (Wildman–Crippen MR) is 100 cm³/mol. The molecule has 28 heavy (non-hydrogen) atoms. The maximum Gasteiger partial charge on any atom is 0.262 e. The minimum atomic E-state index is -0.943. The van der Waals surface area contributed by atoms with E-state index in [1.54, 1.807) is 24.4 Å². The Labute approximate surface area is 159 Å². The van der Waals surface area contributed by atoms with E-state index in [4.69, 9.17) is 4.84 Å². The summed E-state index contributed by atoms with van der Waals surface area (Å²) in [6, 6.07) is 9.86. The fourth-order valence-electron chi connectivity index (χ4n) is 2.36. The Morgan fingerprint density at radius 2 is 1.89 bits per heavy atom. The van der Waals surface area contributed by atoms with E-state index in [2.05, 4.69) is 20.4 Å². The molecule has 8 heteroatoms. The summed E-state index contributed by atoms with van der Waals surface area (Å²) in [7, 11) is 0. The number of aromatic nitrogens is 2. The van der Waals surface area contributed by atoms with E-state index in [1.165, 1.54) is 24.5 Å². The Morgan fingerprint density at radius 3 is 2.50 bits per heavy atom. The van der Waals surface area contributed by atoms with Gasteiger partial charge in [0.2, 0.25) is 0 Å². The number of halogens is 2. The Bertz CT molecular complexity index is 973. The molecular weight excluding hydrogens is 366 g/mol. The molecule has 0 spiro atoms. The topological polar surface area (TPSA) is 76.5 Å². The standard InChI is InChI=1S/C20H16F2N4O2/c1-2-17(26-28-14-5-4-10-23-12-14)13-8-9-18(24-11-13)25-20(27)19-15(21)6-3-7-16(19)22/h3-12H,2H2,1H3,(H,24,25,27)/b26-17-. The smallest absolute Gasteiger partial charge is 0.262 e. The van der Waals surface area contributed by atoms with Crippen LogP contribution >= 0.6 is 0 Å². The van der Waals surface area contributed by atoms with Gasteiger partial charge in [0.05, 0.1) is 11.9 Å². The van der Waals surface area contributed by atoms with Crippen molar-refractivity contribution >= 4 is 17.4 Å². The van der Waals surface area contributed by atoms with Crippen molar-refractivity contribution in [2.75, 3.05) is 5.32 Å². The lowest BCUT2D eigenvalue weighted by Crippen LogP contribution is -2.16. The van der Waals surface area contributed by atoms with Crippen LogP contribution in [0.2, 0.25) is 0 Å². The van der Waals surface area contributed by atoms with Crippen LogP contribution in [0.5, 0.6) is 5.75 Å². The molecule has 2 aromatic heterocycles. The van der Waals surface area contributed by atoms with Gasteiger partial charge < -0.3 is 10.2 Å². The molecule has 1 N–H and O–H groups in total. The number of anilines is 1. The third-order valence-electron chi connectivity index (χ3n) is 3.76. The molecule has 1 aromatic carbocycles. The number of carbonyl (C=O) groups excluding carboxylic acids is 1. The molecule has 2 heterocycles. The molecule has 0 aliphatic heterocycles. The van der Waals surface area contributed by atoms with Crippen molar-refractivity contribution in [1.29, 1.82) is 0 Å². The summed E-state index contributed by atoms with van der Waals surface area (Å²) in [5.74, 6) is -2.15. The van der Waals surface area contributed by atoms with Crippen LogP contribution in [0.25, 0.3) is 0 Å². The molecule has 3 rings (SSSR count). The van der Waals surface area contributed by atoms with E-state index >= 15 is 0 Å². The highest BCUT2D eigenvalue weighted by atomic mass is 19.1. The van der Waals surface area contributed by atoms with Crippen LogP contribution in [-0.4, -0.2) is 21.6 Å². The van der Waals surface area contributed by atoms with E-state index < -0.39 is 23.1 Å². The quantitative estimate of drug-likeness (QED) is 0.512.